The molecule has 154 valence electrons. The Labute approximate surface area is 172 Å². The molecule has 0 saturated carbocycles. The van der Waals surface area contributed by atoms with Gasteiger partial charge in [0.15, 0.2) is 0 Å². The normalized spacial score (nSPS) is 11.8. The quantitative estimate of drug-likeness (QED) is 0.426. The lowest BCUT2D eigenvalue weighted by molar-refractivity contribution is -0.137. The summed E-state index contributed by atoms with van der Waals surface area (Å²) in [6.45, 7) is 1.56. The summed E-state index contributed by atoms with van der Waals surface area (Å²) in [5.41, 5.74) is 5.47. The van der Waals surface area contributed by atoms with E-state index in [1.54, 1.807) is 6.92 Å². The van der Waals surface area contributed by atoms with Gasteiger partial charge in [-0.1, -0.05) is 60.7 Å². The maximum Gasteiger partial charge on any atom is 0.416 e. The summed E-state index contributed by atoms with van der Waals surface area (Å²) < 4.78 is 38.2. The third-order valence-electron chi connectivity index (χ3n) is 4.40. The molecule has 0 aliphatic heterocycles. The van der Waals surface area contributed by atoms with E-state index in [1.165, 1.54) is 12.1 Å². The van der Waals surface area contributed by atoms with E-state index < -0.39 is 17.6 Å². The number of hydrazone groups is 1. The number of nitrogens with zero attached hydrogens (tertiary/aromatic N) is 1. The molecule has 0 unspecified atom stereocenters. The summed E-state index contributed by atoms with van der Waals surface area (Å²) in [6, 6.07) is 22.4. The largest absolute Gasteiger partial charge is 0.416 e. The molecule has 0 aliphatic rings. The van der Waals surface area contributed by atoms with Crippen molar-refractivity contribution in [2.75, 3.05) is 11.9 Å². The highest BCUT2D eigenvalue weighted by atomic mass is 19.4. The maximum atomic E-state index is 12.7. The predicted molar refractivity (Wildman–Crippen MR) is 112 cm³/mol. The van der Waals surface area contributed by atoms with Gasteiger partial charge >= 0.3 is 6.18 Å². The van der Waals surface area contributed by atoms with Crippen LogP contribution in [0.5, 0.6) is 0 Å². The Bertz CT molecular complexity index is 1030. The molecule has 7 heteroatoms. The van der Waals surface area contributed by atoms with Gasteiger partial charge < -0.3 is 5.32 Å². The molecular weight excluding hydrogens is 391 g/mol. The predicted octanol–water partition coefficient (Wildman–Crippen LogP) is 5.32. The van der Waals surface area contributed by atoms with Crippen molar-refractivity contribution in [1.82, 2.24) is 5.43 Å². The number of hydrogen-bond acceptors (Lipinski definition) is 3. The number of nitrogens with one attached hydrogen (secondary N) is 2. The van der Waals surface area contributed by atoms with Gasteiger partial charge in [-0.15, -0.1) is 0 Å². The SMILES string of the molecule is CC(=NNC(=O)CNc1cccc(C(F)(F)F)c1)c1ccc(-c2ccccc2)cc1. The van der Waals surface area contributed by atoms with Gasteiger partial charge in [-0.3, -0.25) is 4.79 Å². The third-order valence-corrected chi connectivity index (χ3v) is 4.40. The first-order valence-corrected chi connectivity index (χ1v) is 9.23. The first kappa shape index (κ1) is 21.1. The molecule has 0 radical (unpaired) electrons. The van der Waals surface area contributed by atoms with E-state index in [9.17, 15) is 18.0 Å². The topological polar surface area (TPSA) is 53.5 Å². The molecule has 0 spiro atoms. The van der Waals surface area contributed by atoms with Gasteiger partial charge in [-0.25, -0.2) is 5.43 Å². The van der Waals surface area contributed by atoms with Crippen molar-refractivity contribution in [2.24, 2.45) is 5.10 Å². The van der Waals surface area contributed by atoms with Crippen molar-refractivity contribution in [3.05, 3.63) is 90.0 Å². The van der Waals surface area contributed by atoms with Crippen LogP contribution in [0.4, 0.5) is 18.9 Å². The van der Waals surface area contributed by atoms with Crippen LogP contribution in [0.15, 0.2) is 84.0 Å². The Morgan fingerprint density at radius 1 is 0.900 bits per heavy atom. The summed E-state index contributed by atoms with van der Waals surface area (Å²) in [5.74, 6) is -0.465. The minimum atomic E-state index is -4.43. The minimum absolute atomic E-state index is 0.203. The van der Waals surface area contributed by atoms with E-state index in [0.29, 0.717) is 5.71 Å². The van der Waals surface area contributed by atoms with Crippen molar-refractivity contribution in [1.29, 1.82) is 0 Å². The van der Waals surface area contributed by atoms with Crippen LogP contribution in [-0.4, -0.2) is 18.2 Å². The minimum Gasteiger partial charge on any atom is -0.376 e. The van der Waals surface area contributed by atoms with E-state index in [4.69, 9.17) is 0 Å². The average molecular weight is 411 g/mol. The van der Waals surface area contributed by atoms with Crippen LogP contribution in [0, 0.1) is 0 Å². The van der Waals surface area contributed by atoms with Crippen LogP contribution in [0.3, 0.4) is 0 Å². The van der Waals surface area contributed by atoms with Crippen molar-refractivity contribution >= 4 is 17.3 Å². The van der Waals surface area contributed by atoms with Crippen LogP contribution >= 0.6 is 0 Å². The van der Waals surface area contributed by atoms with Gasteiger partial charge in [0.25, 0.3) is 5.91 Å². The molecule has 3 rings (SSSR count). The molecule has 4 nitrogen and oxygen atoms in total. The second-order valence-electron chi connectivity index (χ2n) is 6.61. The summed E-state index contributed by atoms with van der Waals surface area (Å²) in [4.78, 5) is 12.0. The molecule has 0 aromatic heterocycles. The Hall–Kier alpha value is -3.61. The summed E-state index contributed by atoms with van der Waals surface area (Å²) >= 11 is 0. The van der Waals surface area contributed by atoms with Crippen LogP contribution in [0.2, 0.25) is 0 Å². The van der Waals surface area contributed by atoms with Crippen LogP contribution in [-0.2, 0) is 11.0 Å². The highest BCUT2D eigenvalue weighted by Crippen LogP contribution is 2.30. The molecule has 0 atom stereocenters. The van der Waals surface area contributed by atoms with Crippen molar-refractivity contribution in [2.45, 2.75) is 13.1 Å². The number of alkyl halides is 3. The summed E-state index contributed by atoms with van der Waals surface area (Å²) in [5, 5.41) is 6.73. The summed E-state index contributed by atoms with van der Waals surface area (Å²) in [6.07, 6.45) is -4.43. The molecule has 0 bridgehead atoms. The number of rotatable bonds is 6. The Kier molecular flexibility index (Phi) is 6.51. The smallest absolute Gasteiger partial charge is 0.376 e. The van der Waals surface area contributed by atoms with E-state index in [0.717, 1.165) is 28.8 Å². The van der Waals surface area contributed by atoms with Crippen molar-refractivity contribution in [3.8, 4) is 11.1 Å². The number of carbonyl (C=O) groups is 1. The Balaban J connectivity index is 1.56. The lowest BCUT2D eigenvalue weighted by Crippen LogP contribution is -2.26. The number of benzene rings is 3. The number of halogens is 3. The van der Waals surface area contributed by atoms with Gasteiger partial charge in [0.2, 0.25) is 0 Å². The van der Waals surface area contributed by atoms with Crippen molar-refractivity contribution in [3.63, 3.8) is 0 Å². The van der Waals surface area contributed by atoms with Crippen LogP contribution in [0.1, 0.15) is 18.1 Å². The average Bonchev–Trinajstić information content (AvgIpc) is 2.76. The van der Waals surface area contributed by atoms with Crippen molar-refractivity contribution < 1.29 is 18.0 Å². The number of hydrogen-bond donors (Lipinski definition) is 2. The summed E-state index contributed by atoms with van der Waals surface area (Å²) in [7, 11) is 0. The molecule has 0 saturated heterocycles. The zero-order valence-corrected chi connectivity index (χ0v) is 16.2. The fourth-order valence-corrected chi connectivity index (χ4v) is 2.77. The second kappa shape index (κ2) is 9.26. The zero-order valence-electron chi connectivity index (χ0n) is 16.2. The van der Waals surface area contributed by atoms with E-state index >= 15 is 0 Å². The van der Waals surface area contributed by atoms with E-state index in [2.05, 4.69) is 15.8 Å². The second-order valence-corrected chi connectivity index (χ2v) is 6.61. The Morgan fingerprint density at radius 2 is 1.57 bits per heavy atom. The lowest BCUT2D eigenvalue weighted by atomic mass is 10.0. The molecule has 1 amide bonds. The van der Waals surface area contributed by atoms with E-state index in [-0.39, 0.29) is 12.2 Å². The molecule has 2 N–H and O–H groups in total. The van der Waals surface area contributed by atoms with Gasteiger partial charge in [0.05, 0.1) is 17.8 Å². The standard InChI is InChI=1S/C23H20F3N3O/c1-16(17-10-12-19(13-11-17)18-6-3-2-4-7-18)28-29-22(30)15-27-21-9-5-8-20(14-21)23(24,25)26/h2-14,27H,15H2,1H3,(H,29,30). The van der Waals surface area contributed by atoms with Crippen LogP contribution < -0.4 is 10.7 Å². The lowest BCUT2D eigenvalue weighted by Gasteiger charge is -2.10. The number of carbonyl (C=O) groups excluding carboxylic acids is 1. The van der Waals surface area contributed by atoms with E-state index in [1.807, 2.05) is 54.6 Å². The monoisotopic (exact) mass is 411 g/mol. The molecule has 3 aromatic rings. The molecule has 3 aromatic carbocycles. The van der Waals surface area contributed by atoms with Gasteiger partial charge in [0, 0.05) is 5.69 Å². The molecule has 0 heterocycles. The number of anilines is 1. The first-order chi connectivity index (χ1) is 14.3. The molecule has 0 fully saturated rings. The molecule has 0 aliphatic carbocycles. The fourth-order valence-electron chi connectivity index (χ4n) is 2.77. The van der Waals surface area contributed by atoms with Crippen LogP contribution in [0.25, 0.3) is 11.1 Å². The van der Waals surface area contributed by atoms with Gasteiger partial charge in [-0.2, -0.15) is 18.3 Å². The fraction of sp³-hybridized carbons (Fsp3) is 0.130. The number of amides is 1. The zero-order chi connectivity index (χ0) is 21.6. The van der Waals surface area contributed by atoms with Gasteiger partial charge in [-0.05, 0) is 41.8 Å². The molecule has 30 heavy (non-hydrogen) atoms. The highest BCUT2D eigenvalue weighted by molar-refractivity contribution is 5.99. The maximum absolute atomic E-state index is 12.7. The Morgan fingerprint density at radius 3 is 2.23 bits per heavy atom. The highest BCUT2D eigenvalue weighted by Gasteiger charge is 2.30. The van der Waals surface area contributed by atoms with Gasteiger partial charge in [0.1, 0.15) is 0 Å². The third kappa shape index (κ3) is 5.70. The molecular formula is C23H20F3N3O. The first-order valence-electron chi connectivity index (χ1n) is 9.23.